The molecule has 0 bridgehead atoms. The Hall–Kier alpha value is -1.88. The molecule has 0 saturated carbocycles. The van der Waals surface area contributed by atoms with Crippen molar-refractivity contribution in [2.45, 2.75) is 32.9 Å². The minimum Gasteiger partial charge on any atom is -0.480 e. The number of carbonyl (C=O) groups excluding carboxylic acids is 1. The van der Waals surface area contributed by atoms with E-state index in [1.165, 1.54) is 0 Å². The predicted octanol–water partition coefficient (Wildman–Crippen LogP) is 2.06. The number of carboxylic acid groups (broad SMARTS) is 1. The third kappa shape index (κ3) is 5.01. The van der Waals surface area contributed by atoms with Crippen molar-refractivity contribution < 1.29 is 19.4 Å². The van der Waals surface area contributed by atoms with Crippen LogP contribution in [0.5, 0.6) is 0 Å². The molecule has 5 heteroatoms. The fourth-order valence-corrected chi connectivity index (χ4v) is 1.90. The molecule has 1 aromatic rings. The number of rotatable bonds is 7. The number of hydrogen-bond donors (Lipinski definition) is 2. The van der Waals surface area contributed by atoms with Crippen LogP contribution in [-0.4, -0.2) is 30.1 Å². The Morgan fingerprint density at radius 1 is 1.35 bits per heavy atom. The van der Waals surface area contributed by atoms with Gasteiger partial charge in [-0.1, -0.05) is 26.0 Å². The summed E-state index contributed by atoms with van der Waals surface area (Å²) in [5.74, 6) is -1.20. The molecule has 2 N–H and O–H groups in total. The second kappa shape index (κ2) is 7.65. The minimum atomic E-state index is -1.01. The van der Waals surface area contributed by atoms with Crippen LogP contribution in [-0.2, 0) is 16.1 Å². The average Bonchev–Trinajstić information content (AvgIpc) is 2.38. The Balaban J connectivity index is 2.78. The molecular weight excluding hydrogens is 258 g/mol. The molecule has 110 valence electrons. The molecule has 0 aliphatic heterocycles. The topological polar surface area (TPSA) is 75.6 Å². The molecule has 0 spiro atoms. The van der Waals surface area contributed by atoms with Crippen molar-refractivity contribution in [1.82, 2.24) is 5.32 Å². The quantitative estimate of drug-likeness (QED) is 0.801. The zero-order valence-electron chi connectivity index (χ0n) is 12.1. The zero-order valence-corrected chi connectivity index (χ0v) is 12.1. The minimum absolute atomic E-state index is 0.191. The van der Waals surface area contributed by atoms with Crippen molar-refractivity contribution in [2.24, 2.45) is 5.92 Å². The van der Waals surface area contributed by atoms with E-state index in [4.69, 9.17) is 9.84 Å². The van der Waals surface area contributed by atoms with Gasteiger partial charge in [0, 0.05) is 12.7 Å². The molecule has 20 heavy (non-hydrogen) atoms. The van der Waals surface area contributed by atoms with E-state index in [0.29, 0.717) is 18.6 Å². The molecule has 0 aliphatic carbocycles. The van der Waals surface area contributed by atoms with Crippen LogP contribution in [0, 0.1) is 5.92 Å². The van der Waals surface area contributed by atoms with Crippen molar-refractivity contribution in [2.75, 3.05) is 7.11 Å². The molecule has 0 aliphatic rings. The van der Waals surface area contributed by atoms with Crippen molar-refractivity contribution in [3.05, 3.63) is 35.4 Å². The molecule has 0 radical (unpaired) electrons. The lowest BCUT2D eigenvalue weighted by atomic mass is 10.0. The normalized spacial score (nSPS) is 12.2. The summed E-state index contributed by atoms with van der Waals surface area (Å²) in [6.07, 6.45) is 0.402. The first-order valence-electron chi connectivity index (χ1n) is 6.55. The Morgan fingerprint density at radius 2 is 2.05 bits per heavy atom. The van der Waals surface area contributed by atoms with Crippen LogP contribution in [0.15, 0.2) is 24.3 Å². The number of hydrogen-bond acceptors (Lipinski definition) is 3. The van der Waals surface area contributed by atoms with Gasteiger partial charge >= 0.3 is 5.97 Å². The van der Waals surface area contributed by atoms with Crippen molar-refractivity contribution in [3.63, 3.8) is 0 Å². The molecule has 1 rings (SSSR count). The van der Waals surface area contributed by atoms with Crippen LogP contribution in [0.1, 0.15) is 36.2 Å². The smallest absolute Gasteiger partial charge is 0.326 e. The van der Waals surface area contributed by atoms with Gasteiger partial charge in [-0.15, -0.1) is 0 Å². The third-order valence-corrected chi connectivity index (χ3v) is 2.81. The largest absolute Gasteiger partial charge is 0.480 e. The van der Waals surface area contributed by atoms with Gasteiger partial charge in [0.15, 0.2) is 0 Å². The predicted molar refractivity (Wildman–Crippen MR) is 75.5 cm³/mol. The highest BCUT2D eigenvalue weighted by Gasteiger charge is 2.21. The highest BCUT2D eigenvalue weighted by atomic mass is 16.5. The lowest BCUT2D eigenvalue weighted by Crippen LogP contribution is -2.41. The van der Waals surface area contributed by atoms with E-state index < -0.39 is 12.0 Å². The molecule has 1 unspecified atom stereocenters. The first kappa shape index (κ1) is 16.2. The maximum atomic E-state index is 12.1. The van der Waals surface area contributed by atoms with Gasteiger partial charge in [0.05, 0.1) is 6.61 Å². The summed E-state index contributed by atoms with van der Waals surface area (Å²) in [6.45, 7) is 4.25. The number of carbonyl (C=O) groups is 2. The molecule has 1 aromatic carbocycles. The average molecular weight is 279 g/mol. The Morgan fingerprint density at radius 3 is 2.60 bits per heavy atom. The highest BCUT2D eigenvalue weighted by molar-refractivity contribution is 5.96. The number of amides is 1. The van der Waals surface area contributed by atoms with E-state index in [2.05, 4.69) is 5.32 Å². The molecule has 1 atom stereocenters. The Kier molecular flexibility index (Phi) is 6.18. The first-order chi connectivity index (χ1) is 9.43. The second-order valence-corrected chi connectivity index (χ2v) is 5.13. The lowest BCUT2D eigenvalue weighted by Gasteiger charge is -2.16. The monoisotopic (exact) mass is 279 g/mol. The number of ether oxygens (including phenoxy) is 1. The van der Waals surface area contributed by atoms with E-state index in [0.717, 1.165) is 5.56 Å². The number of carboxylic acids is 1. The van der Waals surface area contributed by atoms with Crippen molar-refractivity contribution in [1.29, 1.82) is 0 Å². The summed E-state index contributed by atoms with van der Waals surface area (Å²) in [7, 11) is 1.58. The van der Waals surface area contributed by atoms with Gasteiger partial charge in [0.25, 0.3) is 5.91 Å². The van der Waals surface area contributed by atoms with E-state index in [1.807, 2.05) is 19.9 Å². The van der Waals surface area contributed by atoms with Gasteiger partial charge in [-0.2, -0.15) is 0 Å². The summed E-state index contributed by atoms with van der Waals surface area (Å²) < 4.78 is 5.01. The summed E-state index contributed by atoms with van der Waals surface area (Å²) in [4.78, 5) is 23.2. The fraction of sp³-hybridized carbons (Fsp3) is 0.467. The highest BCUT2D eigenvalue weighted by Crippen LogP contribution is 2.09. The summed E-state index contributed by atoms with van der Waals surface area (Å²) in [5.41, 5.74) is 1.31. The van der Waals surface area contributed by atoms with Crippen molar-refractivity contribution >= 4 is 11.9 Å². The van der Waals surface area contributed by atoms with Crippen LogP contribution >= 0.6 is 0 Å². The van der Waals surface area contributed by atoms with E-state index in [9.17, 15) is 9.59 Å². The maximum Gasteiger partial charge on any atom is 0.326 e. The number of nitrogens with one attached hydrogen (secondary N) is 1. The molecule has 0 aromatic heterocycles. The molecule has 5 nitrogen and oxygen atoms in total. The lowest BCUT2D eigenvalue weighted by molar-refractivity contribution is -0.139. The van der Waals surface area contributed by atoms with Gasteiger partial charge < -0.3 is 15.2 Å². The van der Waals surface area contributed by atoms with Gasteiger partial charge in [0.1, 0.15) is 6.04 Å². The molecular formula is C15H21NO4. The van der Waals surface area contributed by atoms with E-state index >= 15 is 0 Å². The molecule has 0 heterocycles. The van der Waals surface area contributed by atoms with Crippen LogP contribution in [0.25, 0.3) is 0 Å². The summed E-state index contributed by atoms with van der Waals surface area (Å²) >= 11 is 0. The number of methoxy groups -OCH3 is 1. The molecule has 0 fully saturated rings. The Labute approximate surface area is 118 Å². The maximum absolute atomic E-state index is 12.1. The SMILES string of the molecule is COCc1cccc(C(=O)NC(CC(C)C)C(=O)O)c1. The first-order valence-corrected chi connectivity index (χ1v) is 6.55. The summed E-state index contributed by atoms with van der Waals surface area (Å²) in [5, 5.41) is 11.7. The number of benzene rings is 1. The Bertz CT molecular complexity index is 471. The fourth-order valence-electron chi connectivity index (χ4n) is 1.90. The van der Waals surface area contributed by atoms with Crippen LogP contribution in [0.3, 0.4) is 0 Å². The van der Waals surface area contributed by atoms with Crippen LogP contribution < -0.4 is 5.32 Å². The zero-order chi connectivity index (χ0) is 15.1. The van der Waals surface area contributed by atoms with Crippen LogP contribution in [0.2, 0.25) is 0 Å². The van der Waals surface area contributed by atoms with Crippen molar-refractivity contribution in [3.8, 4) is 0 Å². The van der Waals surface area contributed by atoms with E-state index in [-0.39, 0.29) is 11.8 Å². The van der Waals surface area contributed by atoms with E-state index in [1.54, 1.807) is 25.3 Å². The van der Waals surface area contributed by atoms with Gasteiger partial charge in [-0.3, -0.25) is 4.79 Å². The number of aliphatic carboxylic acids is 1. The standard InChI is InChI=1S/C15H21NO4/c1-10(2)7-13(15(18)19)16-14(17)12-6-4-5-11(8-12)9-20-3/h4-6,8,10,13H,7,9H2,1-3H3,(H,16,17)(H,18,19). The molecule has 1 amide bonds. The third-order valence-electron chi connectivity index (χ3n) is 2.81. The van der Waals surface area contributed by atoms with Gasteiger partial charge in [0.2, 0.25) is 0 Å². The van der Waals surface area contributed by atoms with Gasteiger partial charge in [-0.25, -0.2) is 4.79 Å². The van der Waals surface area contributed by atoms with Gasteiger partial charge in [-0.05, 0) is 30.0 Å². The molecule has 0 saturated heterocycles. The second-order valence-electron chi connectivity index (χ2n) is 5.13. The van der Waals surface area contributed by atoms with Crippen LogP contribution in [0.4, 0.5) is 0 Å². The summed E-state index contributed by atoms with van der Waals surface area (Å²) in [6, 6.07) is 6.09.